The zero-order valence-electron chi connectivity index (χ0n) is 13.5. The molecular weight excluding hydrogens is 428 g/mol. The first-order chi connectivity index (χ1) is 11.7. The lowest BCUT2D eigenvalue weighted by Gasteiger charge is -2.15. The Bertz CT molecular complexity index is 916. The average Bonchev–Trinajstić information content (AvgIpc) is 2.55. The third kappa shape index (κ3) is 6.19. The maximum atomic E-state index is 12.2. The summed E-state index contributed by atoms with van der Waals surface area (Å²) in [5.74, 6) is -0.350. The Hall–Kier alpha value is -1.26. The normalized spacial score (nSPS) is 13.5. The summed E-state index contributed by atoms with van der Waals surface area (Å²) in [5.41, 5.74) is 0.808. The van der Waals surface area contributed by atoms with Gasteiger partial charge in [-0.1, -0.05) is 46.3 Å². The lowest BCUT2D eigenvalue weighted by atomic mass is 10.1. The van der Waals surface area contributed by atoms with Gasteiger partial charge in [0.05, 0.1) is 10.6 Å². The summed E-state index contributed by atoms with van der Waals surface area (Å²) in [6.07, 6.45) is 0. The van der Waals surface area contributed by atoms with Crippen molar-refractivity contribution >= 4 is 36.0 Å². The first-order valence-corrected chi connectivity index (χ1v) is 11.4. The van der Waals surface area contributed by atoms with Crippen molar-refractivity contribution in [1.82, 2.24) is 9.44 Å². The molecule has 6 nitrogen and oxygen atoms in total. The van der Waals surface area contributed by atoms with Gasteiger partial charge in [-0.15, -0.1) is 0 Å². The lowest BCUT2D eigenvalue weighted by molar-refractivity contribution is 0.564. The van der Waals surface area contributed by atoms with Gasteiger partial charge in [0.15, 0.2) is 0 Å². The molecule has 0 unspecified atom stereocenters. The zero-order valence-corrected chi connectivity index (χ0v) is 16.7. The van der Waals surface area contributed by atoms with Crippen LogP contribution in [-0.2, 0) is 20.0 Å². The van der Waals surface area contributed by atoms with Gasteiger partial charge in [0.1, 0.15) is 0 Å². The number of nitrogens with one attached hydrogen (secondary N) is 2. The Balaban J connectivity index is 1.93. The molecule has 0 heterocycles. The Morgan fingerprint density at radius 2 is 1.68 bits per heavy atom. The summed E-state index contributed by atoms with van der Waals surface area (Å²) in [4.78, 5) is 0.0999. The number of rotatable bonds is 8. The quantitative estimate of drug-likeness (QED) is 0.650. The summed E-state index contributed by atoms with van der Waals surface area (Å²) in [7, 11) is -7.36. The maximum absolute atomic E-state index is 12.2. The summed E-state index contributed by atoms with van der Waals surface area (Å²) in [6.45, 7) is 1.52. The molecule has 2 aromatic carbocycles. The van der Waals surface area contributed by atoms with Crippen molar-refractivity contribution in [2.45, 2.75) is 17.9 Å². The van der Waals surface area contributed by atoms with Gasteiger partial charge in [-0.2, -0.15) is 0 Å². The summed E-state index contributed by atoms with van der Waals surface area (Å²) in [6, 6.07) is 14.7. The number of hydrogen-bond acceptors (Lipinski definition) is 4. The van der Waals surface area contributed by atoms with Gasteiger partial charge in [-0.3, -0.25) is 0 Å². The van der Waals surface area contributed by atoms with Crippen LogP contribution < -0.4 is 9.44 Å². The topological polar surface area (TPSA) is 92.3 Å². The fraction of sp³-hybridized carbons (Fsp3) is 0.250. The summed E-state index contributed by atoms with van der Waals surface area (Å²) in [5, 5.41) is 0. The minimum atomic E-state index is -3.72. The van der Waals surface area contributed by atoms with E-state index in [9.17, 15) is 16.8 Å². The second-order valence-electron chi connectivity index (χ2n) is 5.42. The van der Waals surface area contributed by atoms with E-state index in [1.807, 2.05) is 24.3 Å². The minimum Gasteiger partial charge on any atom is -0.212 e. The van der Waals surface area contributed by atoms with Crippen molar-refractivity contribution in [2.24, 2.45) is 0 Å². The van der Waals surface area contributed by atoms with Crippen LogP contribution in [0.2, 0.25) is 0 Å². The van der Waals surface area contributed by atoms with Crippen molar-refractivity contribution in [3.63, 3.8) is 0 Å². The van der Waals surface area contributed by atoms with E-state index in [0.717, 1.165) is 10.0 Å². The van der Waals surface area contributed by atoms with Crippen LogP contribution >= 0.6 is 15.9 Å². The van der Waals surface area contributed by atoms with Gasteiger partial charge in [-0.05, 0) is 36.8 Å². The SMILES string of the molecule is C[C@@H](NS(=O)(=O)CCNS(=O)(=O)c1ccccc1)c1cccc(Br)c1. The van der Waals surface area contributed by atoms with Gasteiger partial charge in [0, 0.05) is 17.1 Å². The molecule has 0 fully saturated rings. The molecule has 9 heteroatoms. The highest BCUT2D eigenvalue weighted by molar-refractivity contribution is 9.10. The number of benzene rings is 2. The van der Waals surface area contributed by atoms with Crippen LogP contribution in [0.15, 0.2) is 64.0 Å². The molecule has 0 bridgehead atoms. The van der Waals surface area contributed by atoms with Crippen LogP contribution in [0.4, 0.5) is 0 Å². The van der Waals surface area contributed by atoms with Crippen molar-refractivity contribution in [1.29, 1.82) is 0 Å². The predicted octanol–water partition coefficient (Wildman–Crippen LogP) is 2.41. The molecule has 0 aromatic heterocycles. The van der Waals surface area contributed by atoms with Gasteiger partial charge < -0.3 is 0 Å². The highest BCUT2D eigenvalue weighted by atomic mass is 79.9. The third-order valence-corrected chi connectivity index (χ3v) is 6.85. The molecule has 0 aliphatic carbocycles. The van der Waals surface area contributed by atoms with Crippen molar-refractivity contribution in [2.75, 3.05) is 12.3 Å². The molecule has 136 valence electrons. The Labute approximate surface area is 156 Å². The molecule has 0 amide bonds. The smallest absolute Gasteiger partial charge is 0.212 e. The predicted molar refractivity (Wildman–Crippen MR) is 101 cm³/mol. The largest absolute Gasteiger partial charge is 0.240 e. The fourth-order valence-corrected chi connectivity index (χ4v) is 4.93. The van der Waals surface area contributed by atoms with Crippen molar-refractivity contribution in [3.8, 4) is 0 Å². The first-order valence-electron chi connectivity index (χ1n) is 7.50. The van der Waals surface area contributed by atoms with Gasteiger partial charge >= 0.3 is 0 Å². The Morgan fingerprint density at radius 1 is 1.00 bits per heavy atom. The molecule has 2 aromatic rings. The highest BCUT2D eigenvalue weighted by Gasteiger charge is 2.18. The standard InChI is InChI=1S/C16H19BrN2O4S2/c1-13(14-6-5-7-15(17)12-14)19-24(20,21)11-10-18-25(22,23)16-8-3-2-4-9-16/h2-9,12-13,18-19H,10-11H2,1H3/t13-/m1/s1. The first kappa shape index (κ1) is 20.1. The van der Waals surface area contributed by atoms with E-state index in [1.54, 1.807) is 25.1 Å². The lowest BCUT2D eigenvalue weighted by Crippen LogP contribution is -2.35. The van der Waals surface area contributed by atoms with Gasteiger partial charge in [0.2, 0.25) is 20.0 Å². The number of sulfonamides is 2. The van der Waals surface area contributed by atoms with E-state index in [1.165, 1.54) is 12.1 Å². The number of halogens is 1. The molecule has 1 atom stereocenters. The highest BCUT2D eigenvalue weighted by Crippen LogP contribution is 2.18. The van der Waals surface area contributed by atoms with Crippen LogP contribution in [0, 0.1) is 0 Å². The molecule has 0 spiro atoms. The zero-order chi connectivity index (χ0) is 18.5. The molecule has 2 rings (SSSR count). The molecule has 0 radical (unpaired) electrons. The van der Waals surface area contributed by atoms with E-state index in [0.29, 0.717) is 0 Å². The number of hydrogen-bond donors (Lipinski definition) is 2. The van der Waals surface area contributed by atoms with Gasteiger partial charge in [-0.25, -0.2) is 26.3 Å². The second kappa shape index (κ2) is 8.41. The average molecular weight is 447 g/mol. The maximum Gasteiger partial charge on any atom is 0.240 e. The minimum absolute atomic E-state index is 0.0999. The monoisotopic (exact) mass is 446 g/mol. The summed E-state index contributed by atoms with van der Waals surface area (Å²) < 4.78 is 54.2. The molecule has 0 saturated heterocycles. The molecule has 25 heavy (non-hydrogen) atoms. The molecule has 2 N–H and O–H groups in total. The Morgan fingerprint density at radius 3 is 2.32 bits per heavy atom. The van der Waals surface area contributed by atoms with E-state index < -0.39 is 26.1 Å². The summed E-state index contributed by atoms with van der Waals surface area (Å²) >= 11 is 3.34. The third-order valence-electron chi connectivity index (χ3n) is 3.42. The Kier molecular flexibility index (Phi) is 6.75. The molecule has 0 aliphatic heterocycles. The van der Waals surface area contributed by atoms with Crippen LogP contribution in [0.5, 0.6) is 0 Å². The van der Waals surface area contributed by atoms with Crippen LogP contribution in [0.1, 0.15) is 18.5 Å². The van der Waals surface area contributed by atoms with E-state index in [2.05, 4.69) is 25.4 Å². The van der Waals surface area contributed by atoms with Gasteiger partial charge in [0.25, 0.3) is 0 Å². The molecular formula is C16H19BrN2O4S2. The van der Waals surface area contributed by atoms with Crippen molar-refractivity contribution < 1.29 is 16.8 Å². The molecule has 0 aliphatic rings. The van der Waals surface area contributed by atoms with E-state index in [-0.39, 0.29) is 17.2 Å². The molecule has 0 saturated carbocycles. The van der Waals surface area contributed by atoms with Crippen molar-refractivity contribution in [3.05, 3.63) is 64.6 Å². The van der Waals surface area contributed by atoms with Crippen LogP contribution in [0.25, 0.3) is 0 Å². The fourth-order valence-electron chi connectivity index (χ4n) is 2.17. The van der Waals surface area contributed by atoms with Crippen LogP contribution in [0.3, 0.4) is 0 Å². The van der Waals surface area contributed by atoms with Crippen LogP contribution in [-0.4, -0.2) is 29.1 Å². The second-order valence-corrected chi connectivity index (χ2v) is 9.98. The van der Waals surface area contributed by atoms with E-state index >= 15 is 0 Å². The van der Waals surface area contributed by atoms with E-state index in [4.69, 9.17) is 0 Å².